The molecule has 3 aliphatic rings. The highest BCUT2D eigenvalue weighted by Crippen LogP contribution is 2.43. The van der Waals surface area contributed by atoms with Crippen LogP contribution in [0.4, 0.5) is 0 Å². The van der Waals surface area contributed by atoms with E-state index in [2.05, 4.69) is 0 Å². The highest BCUT2D eigenvalue weighted by atomic mass is 32.2. The van der Waals surface area contributed by atoms with Gasteiger partial charge in [-0.1, -0.05) is 43.7 Å². The fraction of sp³-hybridized carbons (Fsp3) is 0.727. The van der Waals surface area contributed by atoms with Crippen LogP contribution in [0.15, 0.2) is 30.3 Å². The van der Waals surface area contributed by atoms with E-state index in [-0.39, 0.29) is 6.61 Å². The fourth-order valence-electron chi connectivity index (χ4n) is 4.42. The topological polar surface area (TPSA) is 89.5 Å². The molecule has 0 bridgehead atoms. The molecule has 3 heterocycles. The molecule has 31 heavy (non-hydrogen) atoms. The van der Waals surface area contributed by atoms with Crippen LogP contribution in [0.5, 0.6) is 0 Å². The summed E-state index contributed by atoms with van der Waals surface area (Å²) in [6, 6.07) is 9.12. The van der Waals surface area contributed by atoms with Gasteiger partial charge in [0.2, 0.25) is 0 Å². The van der Waals surface area contributed by atoms with Crippen LogP contribution in [0.25, 0.3) is 0 Å². The number of fused-ring (bicyclic) bond motifs is 1. The molecule has 174 valence electrons. The largest absolute Gasteiger partial charge is 0.348 e. The lowest BCUT2D eigenvalue weighted by molar-refractivity contribution is -0.230. The van der Waals surface area contributed by atoms with Crippen molar-refractivity contribution in [2.45, 2.75) is 95.0 Å². The molecule has 0 amide bonds. The first kappa shape index (κ1) is 23.1. The SMILES string of the molecule is CCCC(c1ccccc1)S(=O)(=O)O[C@H]1[C@H]2OC(C)(C)O[C@H]2O[C@@H]1[C@H]1COC(C)(C)O1. The number of hydrogen-bond donors (Lipinski definition) is 0. The van der Waals surface area contributed by atoms with E-state index in [9.17, 15) is 8.42 Å². The zero-order valence-electron chi connectivity index (χ0n) is 18.6. The molecule has 3 aliphatic heterocycles. The molecule has 0 radical (unpaired) electrons. The van der Waals surface area contributed by atoms with Gasteiger partial charge in [-0.15, -0.1) is 0 Å². The minimum atomic E-state index is -4.00. The van der Waals surface area contributed by atoms with Gasteiger partial charge in [-0.2, -0.15) is 8.42 Å². The molecule has 0 saturated carbocycles. The third-order valence-electron chi connectivity index (χ3n) is 5.74. The van der Waals surface area contributed by atoms with Crippen molar-refractivity contribution in [2.75, 3.05) is 6.61 Å². The summed E-state index contributed by atoms with van der Waals surface area (Å²) in [5.74, 6) is -1.69. The van der Waals surface area contributed by atoms with E-state index < -0.39 is 57.6 Å². The van der Waals surface area contributed by atoms with E-state index in [1.54, 1.807) is 39.8 Å². The summed E-state index contributed by atoms with van der Waals surface area (Å²) >= 11 is 0. The first-order valence-electron chi connectivity index (χ1n) is 10.8. The Bertz CT molecular complexity index is 869. The monoisotopic (exact) mass is 456 g/mol. The second-order valence-electron chi connectivity index (χ2n) is 9.18. The molecule has 0 aliphatic carbocycles. The van der Waals surface area contributed by atoms with E-state index >= 15 is 0 Å². The predicted molar refractivity (Wildman–Crippen MR) is 111 cm³/mol. The van der Waals surface area contributed by atoms with Crippen molar-refractivity contribution in [3.05, 3.63) is 35.9 Å². The molecule has 8 nitrogen and oxygen atoms in total. The van der Waals surface area contributed by atoms with Gasteiger partial charge in [0.05, 0.1) is 6.61 Å². The van der Waals surface area contributed by atoms with Crippen molar-refractivity contribution >= 4 is 10.1 Å². The molecular formula is C22H32O8S. The Morgan fingerprint density at radius 3 is 2.35 bits per heavy atom. The van der Waals surface area contributed by atoms with Crippen LogP contribution in [-0.2, 0) is 38.0 Å². The quantitative estimate of drug-likeness (QED) is 0.578. The van der Waals surface area contributed by atoms with E-state index in [1.165, 1.54) is 0 Å². The fourth-order valence-corrected chi connectivity index (χ4v) is 6.10. The average molecular weight is 457 g/mol. The third-order valence-corrected chi connectivity index (χ3v) is 7.43. The van der Waals surface area contributed by atoms with Crippen molar-refractivity contribution in [3.63, 3.8) is 0 Å². The highest BCUT2D eigenvalue weighted by Gasteiger charge is 2.60. The lowest BCUT2D eigenvalue weighted by atomic mass is 10.1. The smallest absolute Gasteiger partial charge is 0.274 e. The van der Waals surface area contributed by atoms with Gasteiger partial charge >= 0.3 is 0 Å². The summed E-state index contributed by atoms with van der Waals surface area (Å²) in [4.78, 5) is 0. The van der Waals surface area contributed by atoms with Crippen LogP contribution >= 0.6 is 0 Å². The standard InChI is InChI=1S/C22H32O8S/c1-6-10-16(14-11-8-7-9-12-14)31(23,24)30-18-17(15-13-25-21(2,3)27-15)26-20-19(18)28-22(4,5)29-20/h7-9,11-12,15-20H,6,10,13H2,1-5H3/t15-,16?,17-,18-,19-,20-/m1/s1. The van der Waals surface area contributed by atoms with Gasteiger partial charge in [0.1, 0.15) is 29.7 Å². The average Bonchev–Trinajstić information content (AvgIpc) is 3.30. The van der Waals surface area contributed by atoms with E-state index in [1.807, 2.05) is 25.1 Å². The van der Waals surface area contributed by atoms with Crippen LogP contribution < -0.4 is 0 Å². The van der Waals surface area contributed by atoms with Gasteiger partial charge in [0.15, 0.2) is 17.9 Å². The molecule has 3 fully saturated rings. The first-order chi connectivity index (χ1) is 14.5. The Morgan fingerprint density at radius 1 is 1.03 bits per heavy atom. The van der Waals surface area contributed by atoms with E-state index in [0.717, 1.165) is 0 Å². The molecule has 1 unspecified atom stereocenters. The summed E-state index contributed by atoms with van der Waals surface area (Å²) in [6.07, 6.45) is -2.42. The number of hydrogen-bond acceptors (Lipinski definition) is 8. The van der Waals surface area contributed by atoms with Crippen molar-refractivity contribution in [1.29, 1.82) is 0 Å². The van der Waals surface area contributed by atoms with Crippen LogP contribution in [0, 0.1) is 0 Å². The van der Waals surface area contributed by atoms with Gasteiger partial charge < -0.3 is 23.7 Å². The number of benzene rings is 1. The van der Waals surface area contributed by atoms with Gasteiger partial charge in [-0.3, -0.25) is 4.18 Å². The Labute approximate surface area is 184 Å². The van der Waals surface area contributed by atoms with Gasteiger partial charge in [-0.25, -0.2) is 0 Å². The van der Waals surface area contributed by atoms with Crippen LogP contribution in [0.2, 0.25) is 0 Å². The third kappa shape index (κ3) is 4.83. The Hall–Kier alpha value is -1.07. The molecule has 0 aromatic heterocycles. The maximum absolute atomic E-state index is 13.5. The van der Waals surface area contributed by atoms with Crippen molar-refractivity contribution in [2.24, 2.45) is 0 Å². The van der Waals surface area contributed by atoms with Crippen molar-refractivity contribution < 1.29 is 36.3 Å². The van der Waals surface area contributed by atoms with Crippen LogP contribution in [0.1, 0.15) is 58.3 Å². The minimum absolute atomic E-state index is 0.261. The zero-order valence-corrected chi connectivity index (χ0v) is 19.5. The van der Waals surface area contributed by atoms with E-state index in [4.69, 9.17) is 27.9 Å². The summed E-state index contributed by atoms with van der Waals surface area (Å²) in [7, 11) is -4.00. The number of rotatable bonds is 7. The predicted octanol–water partition coefficient (Wildman–Crippen LogP) is 3.27. The van der Waals surface area contributed by atoms with Crippen LogP contribution in [-0.4, -0.2) is 57.3 Å². The molecule has 0 spiro atoms. The maximum atomic E-state index is 13.5. The molecule has 1 aromatic carbocycles. The summed E-state index contributed by atoms with van der Waals surface area (Å²) in [5.41, 5.74) is 0.696. The Balaban J connectivity index is 1.61. The second kappa shape index (κ2) is 8.37. The normalized spacial score (nSPS) is 35.2. The van der Waals surface area contributed by atoms with Gasteiger partial charge in [-0.05, 0) is 39.7 Å². The number of ether oxygens (including phenoxy) is 5. The second-order valence-corrected chi connectivity index (χ2v) is 10.9. The Morgan fingerprint density at radius 2 is 1.74 bits per heavy atom. The summed E-state index contributed by atoms with van der Waals surface area (Å²) < 4.78 is 62.3. The molecular weight excluding hydrogens is 424 g/mol. The van der Waals surface area contributed by atoms with Gasteiger partial charge in [0, 0.05) is 0 Å². The van der Waals surface area contributed by atoms with Crippen molar-refractivity contribution in [3.8, 4) is 0 Å². The molecule has 1 aromatic rings. The maximum Gasteiger partial charge on any atom is 0.274 e. The molecule has 6 atom stereocenters. The molecule has 4 rings (SSSR count). The highest BCUT2D eigenvalue weighted by molar-refractivity contribution is 7.87. The molecule has 9 heteroatoms. The molecule has 3 saturated heterocycles. The summed E-state index contributed by atoms with van der Waals surface area (Å²) in [6.45, 7) is 9.34. The minimum Gasteiger partial charge on any atom is -0.348 e. The first-order valence-corrected chi connectivity index (χ1v) is 12.3. The van der Waals surface area contributed by atoms with Gasteiger partial charge in [0.25, 0.3) is 10.1 Å². The zero-order chi connectivity index (χ0) is 22.4. The van der Waals surface area contributed by atoms with Crippen molar-refractivity contribution in [1.82, 2.24) is 0 Å². The van der Waals surface area contributed by atoms with Crippen LogP contribution in [0.3, 0.4) is 0 Å². The lowest BCUT2D eigenvalue weighted by Crippen LogP contribution is -2.45. The molecule has 0 N–H and O–H groups in total. The Kier molecular flexibility index (Phi) is 6.24. The lowest BCUT2D eigenvalue weighted by Gasteiger charge is -2.29. The summed E-state index contributed by atoms with van der Waals surface area (Å²) in [5, 5.41) is -0.786. The van der Waals surface area contributed by atoms with E-state index in [0.29, 0.717) is 18.4 Å².